The summed E-state index contributed by atoms with van der Waals surface area (Å²) in [6.45, 7) is 4.84. The van der Waals surface area contributed by atoms with Gasteiger partial charge in [-0.15, -0.1) is 0 Å². The Labute approximate surface area is 171 Å². The van der Waals surface area contributed by atoms with Gasteiger partial charge >= 0.3 is 0 Å². The number of methoxy groups -OCH3 is 2. The van der Waals surface area contributed by atoms with Crippen LogP contribution in [-0.2, 0) is 4.79 Å². The van der Waals surface area contributed by atoms with E-state index in [-0.39, 0.29) is 11.8 Å². The van der Waals surface area contributed by atoms with Crippen LogP contribution in [0.5, 0.6) is 11.5 Å². The van der Waals surface area contributed by atoms with Gasteiger partial charge in [-0.2, -0.15) is 0 Å². The van der Waals surface area contributed by atoms with Crippen LogP contribution in [0, 0.1) is 6.92 Å². The summed E-state index contributed by atoms with van der Waals surface area (Å²) in [7, 11) is 3.25. The summed E-state index contributed by atoms with van der Waals surface area (Å²) in [6.07, 6.45) is 6.19. The van der Waals surface area contributed by atoms with Crippen molar-refractivity contribution in [3.8, 4) is 11.5 Å². The van der Waals surface area contributed by atoms with E-state index in [1.807, 2.05) is 54.0 Å². The number of benzene rings is 1. The Balaban J connectivity index is 2.03. The van der Waals surface area contributed by atoms with Gasteiger partial charge < -0.3 is 19.2 Å². The Morgan fingerprint density at radius 3 is 2.55 bits per heavy atom. The smallest absolute Gasteiger partial charge is 0.221 e. The van der Waals surface area contributed by atoms with E-state index in [1.165, 1.54) is 0 Å². The highest BCUT2D eigenvalue weighted by Gasteiger charge is 2.23. The van der Waals surface area contributed by atoms with Crippen LogP contribution in [0.2, 0.25) is 0 Å². The van der Waals surface area contributed by atoms with Crippen molar-refractivity contribution in [1.82, 2.24) is 14.7 Å². The van der Waals surface area contributed by atoms with Crippen LogP contribution in [0.3, 0.4) is 0 Å². The number of fused-ring (bicyclic) bond motifs is 1. The fraction of sp³-hybridized carbons (Fsp3) is 0.391. The van der Waals surface area contributed by atoms with E-state index in [0.29, 0.717) is 24.5 Å². The van der Waals surface area contributed by atoms with Crippen LogP contribution in [0.25, 0.3) is 5.65 Å². The molecule has 1 atom stereocenters. The first kappa shape index (κ1) is 20.7. The van der Waals surface area contributed by atoms with Crippen LogP contribution in [0.15, 0.2) is 42.7 Å². The van der Waals surface area contributed by atoms with E-state index < -0.39 is 0 Å². The van der Waals surface area contributed by atoms with Gasteiger partial charge in [-0.3, -0.25) is 4.79 Å². The van der Waals surface area contributed by atoms with Crippen LogP contribution >= 0.6 is 0 Å². The first-order chi connectivity index (χ1) is 14.0. The predicted molar refractivity (Wildman–Crippen MR) is 114 cm³/mol. The number of amides is 1. The zero-order valence-corrected chi connectivity index (χ0v) is 17.6. The average molecular weight is 396 g/mol. The zero-order valence-electron chi connectivity index (χ0n) is 17.6. The molecule has 154 valence electrons. The third kappa shape index (κ3) is 4.88. The average Bonchev–Trinajstić information content (AvgIpc) is 3.14. The number of carbonyl (C=O) groups is 1. The molecule has 3 rings (SSSR count). The SMILES string of the molecule is CCCCNC(=O)CC(c1cc(OC)cc(OC)c1)c1cnc2cc(C)ccn12. The molecule has 6 nitrogen and oxygen atoms in total. The zero-order chi connectivity index (χ0) is 20.8. The van der Waals surface area contributed by atoms with Crippen LogP contribution in [-0.4, -0.2) is 36.1 Å². The minimum Gasteiger partial charge on any atom is -0.497 e. The lowest BCUT2D eigenvalue weighted by atomic mass is 9.91. The summed E-state index contributed by atoms with van der Waals surface area (Å²) in [5.74, 6) is 1.23. The largest absolute Gasteiger partial charge is 0.497 e. The van der Waals surface area contributed by atoms with Crippen LogP contribution in [0.4, 0.5) is 0 Å². The van der Waals surface area contributed by atoms with Gasteiger partial charge in [-0.1, -0.05) is 13.3 Å². The van der Waals surface area contributed by atoms with Gasteiger partial charge in [0.25, 0.3) is 0 Å². The molecule has 0 bridgehead atoms. The number of carbonyl (C=O) groups excluding carboxylic acids is 1. The Bertz CT molecular complexity index is 958. The molecule has 0 aliphatic rings. The Hall–Kier alpha value is -3.02. The van der Waals surface area contributed by atoms with Gasteiger partial charge in [-0.05, 0) is 48.7 Å². The summed E-state index contributed by atoms with van der Waals surface area (Å²) in [6, 6.07) is 9.83. The minimum atomic E-state index is -0.182. The van der Waals surface area contributed by atoms with Gasteiger partial charge in [0.2, 0.25) is 5.91 Å². The van der Waals surface area contributed by atoms with E-state index in [0.717, 1.165) is 35.3 Å². The highest BCUT2D eigenvalue weighted by atomic mass is 16.5. The molecule has 1 aromatic carbocycles. The maximum atomic E-state index is 12.7. The molecule has 1 unspecified atom stereocenters. The van der Waals surface area contributed by atoms with Gasteiger partial charge in [0.05, 0.1) is 19.9 Å². The van der Waals surface area contributed by atoms with Gasteiger partial charge in [-0.25, -0.2) is 4.98 Å². The van der Waals surface area contributed by atoms with Crippen LogP contribution < -0.4 is 14.8 Å². The number of nitrogens with one attached hydrogen (secondary N) is 1. The molecular formula is C23H29N3O3. The lowest BCUT2D eigenvalue weighted by Gasteiger charge is -2.19. The first-order valence-corrected chi connectivity index (χ1v) is 9.99. The fourth-order valence-electron chi connectivity index (χ4n) is 3.45. The summed E-state index contributed by atoms with van der Waals surface area (Å²) in [4.78, 5) is 17.3. The molecule has 2 heterocycles. The monoisotopic (exact) mass is 395 g/mol. The molecule has 0 spiro atoms. The van der Waals surface area contributed by atoms with Gasteiger partial charge in [0, 0.05) is 37.3 Å². The van der Waals surface area contributed by atoms with Crippen molar-refractivity contribution >= 4 is 11.6 Å². The number of hydrogen-bond donors (Lipinski definition) is 1. The second-order valence-corrected chi connectivity index (χ2v) is 7.22. The lowest BCUT2D eigenvalue weighted by Crippen LogP contribution is -2.26. The number of imidazole rings is 1. The lowest BCUT2D eigenvalue weighted by molar-refractivity contribution is -0.121. The minimum absolute atomic E-state index is 0.0206. The van der Waals surface area contributed by atoms with Crippen LogP contribution in [0.1, 0.15) is 48.9 Å². The van der Waals surface area contributed by atoms with Crippen molar-refractivity contribution in [2.45, 2.75) is 39.0 Å². The number of pyridine rings is 1. The third-order valence-electron chi connectivity index (χ3n) is 5.07. The van der Waals surface area contributed by atoms with E-state index in [1.54, 1.807) is 14.2 Å². The summed E-state index contributed by atoms with van der Waals surface area (Å²) >= 11 is 0. The Morgan fingerprint density at radius 2 is 1.90 bits per heavy atom. The standard InChI is InChI=1S/C23H29N3O3/c1-5-6-8-24-23(27)14-20(17-11-18(28-3)13-19(12-17)29-4)21-15-25-22-10-16(2)7-9-26(21)22/h7,9-13,15,20H,5-6,8,14H2,1-4H3,(H,24,27). The molecule has 0 aliphatic carbocycles. The quantitative estimate of drug-likeness (QED) is 0.554. The van der Waals surface area contributed by atoms with E-state index >= 15 is 0 Å². The Kier molecular flexibility index (Phi) is 6.75. The summed E-state index contributed by atoms with van der Waals surface area (Å²) in [5.41, 5.74) is 3.92. The second kappa shape index (κ2) is 9.45. The maximum Gasteiger partial charge on any atom is 0.221 e. The molecule has 0 aliphatic heterocycles. The molecule has 6 heteroatoms. The maximum absolute atomic E-state index is 12.7. The van der Waals surface area contributed by atoms with Crippen molar-refractivity contribution < 1.29 is 14.3 Å². The van der Waals surface area contributed by atoms with E-state index in [9.17, 15) is 4.79 Å². The Morgan fingerprint density at radius 1 is 1.17 bits per heavy atom. The summed E-state index contributed by atoms with van der Waals surface area (Å²) < 4.78 is 12.9. The molecular weight excluding hydrogens is 366 g/mol. The van der Waals surface area contributed by atoms with Crippen molar-refractivity contribution in [3.05, 3.63) is 59.5 Å². The molecule has 2 aromatic heterocycles. The molecule has 0 fully saturated rings. The number of aromatic nitrogens is 2. The summed E-state index contributed by atoms with van der Waals surface area (Å²) in [5, 5.41) is 3.03. The molecule has 29 heavy (non-hydrogen) atoms. The number of unbranched alkanes of at least 4 members (excludes halogenated alkanes) is 1. The van der Waals surface area contributed by atoms with Gasteiger partial charge in [0.15, 0.2) is 0 Å². The molecule has 0 radical (unpaired) electrons. The second-order valence-electron chi connectivity index (χ2n) is 7.22. The van der Waals surface area contributed by atoms with Crippen molar-refractivity contribution in [2.75, 3.05) is 20.8 Å². The molecule has 1 amide bonds. The highest BCUT2D eigenvalue weighted by molar-refractivity contribution is 5.77. The molecule has 0 saturated heterocycles. The molecule has 3 aromatic rings. The fourth-order valence-corrected chi connectivity index (χ4v) is 3.45. The first-order valence-electron chi connectivity index (χ1n) is 9.99. The number of nitrogens with zero attached hydrogens (tertiary/aromatic N) is 2. The molecule has 0 saturated carbocycles. The third-order valence-corrected chi connectivity index (χ3v) is 5.07. The van der Waals surface area contributed by atoms with Crippen molar-refractivity contribution in [1.29, 1.82) is 0 Å². The van der Waals surface area contributed by atoms with Crippen molar-refractivity contribution in [2.24, 2.45) is 0 Å². The van der Waals surface area contributed by atoms with Gasteiger partial charge in [0.1, 0.15) is 17.1 Å². The predicted octanol–water partition coefficient (Wildman–Crippen LogP) is 4.10. The topological polar surface area (TPSA) is 64.9 Å². The highest BCUT2D eigenvalue weighted by Crippen LogP contribution is 2.34. The van der Waals surface area contributed by atoms with E-state index in [2.05, 4.69) is 17.2 Å². The van der Waals surface area contributed by atoms with Crippen molar-refractivity contribution in [3.63, 3.8) is 0 Å². The number of aryl methyl sites for hydroxylation is 1. The molecule has 1 N–H and O–H groups in total. The number of ether oxygens (including phenoxy) is 2. The van der Waals surface area contributed by atoms with E-state index in [4.69, 9.17) is 9.47 Å². The number of hydrogen-bond acceptors (Lipinski definition) is 4. The normalized spacial score (nSPS) is 12.0. The number of rotatable bonds is 9.